The summed E-state index contributed by atoms with van der Waals surface area (Å²) in [6.45, 7) is 1.85. The molecule has 4 rings (SSSR count). The van der Waals surface area contributed by atoms with Gasteiger partial charge >= 0.3 is 0 Å². The molecule has 0 aliphatic carbocycles. The second kappa shape index (κ2) is 15.1. The van der Waals surface area contributed by atoms with Crippen LogP contribution in [-0.4, -0.2) is 44.7 Å². The lowest BCUT2D eigenvalue weighted by molar-refractivity contribution is -0.114. The molecule has 0 aromatic heterocycles. The second-order valence-electron chi connectivity index (χ2n) is 9.98. The van der Waals surface area contributed by atoms with Gasteiger partial charge in [0.2, 0.25) is 5.91 Å². The largest absolute Gasteiger partial charge is 0.495 e. The summed E-state index contributed by atoms with van der Waals surface area (Å²) in [4.78, 5) is 41.9. The average Bonchev–Trinajstić information content (AvgIpc) is 3.02. The molecule has 0 bridgehead atoms. The molecule has 0 atom stereocenters. The Bertz CT molecular complexity index is 1670. The molecule has 0 heterocycles. The van der Waals surface area contributed by atoms with E-state index in [0.717, 1.165) is 21.7 Å². The molecule has 0 spiro atoms. The number of hydrogen-bond donors (Lipinski definition) is 3. The molecule has 4 aromatic carbocycles. The van der Waals surface area contributed by atoms with Gasteiger partial charge in [-0.1, -0.05) is 48.0 Å². The third-order valence-corrected chi connectivity index (χ3v) is 7.87. The first-order valence-electron chi connectivity index (χ1n) is 13.7. The van der Waals surface area contributed by atoms with E-state index in [9.17, 15) is 14.4 Å². The van der Waals surface area contributed by atoms with Crippen LogP contribution in [0, 0.1) is 6.92 Å². The number of anilines is 3. The molecular weight excluding hydrogens is 596 g/mol. The Morgan fingerprint density at radius 1 is 0.909 bits per heavy atom. The highest BCUT2D eigenvalue weighted by Crippen LogP contribution is 2.31. The Labute approximate surface area is 266 Å². The molecule has 3 N–H and O–H groups in total. The van der Waals surface area contributed by atoms with Gasteiger partial charge in [-0.15, -0.1) is 11.8 Å². The summed E-state index contributed by atoms with van der Waals surface area (Å²) in [7, 11) is 5.40. The molecule has 0 fully saturated rings. The van der Waals surface area contributed by atoms with E-state index < -0.39 is 11.8 Å². The minimum atomic E-state index is -0.490. The van der Waals surface area contributed by atoms with Gasteiger partial charge in [0.1, 0.15) is 11.4 Å². The molecular formula is C34H33ClN4O4S. The van der Waals surface area contributed by atoms with Crippen LogP contribution in [0.15, 0.2) is 102 Å². The van der Waals surface area contributed by atoms with Gasteiger partial charge < -0.3 is 25.6 Å². The number of carbonyl (C=O) groups is 3. The normalized spacial score (nSPS) is 11.0. The molecule has 0 unspecified atom stereocenters. The number of benzene rings is 4. The molecule has 226 valence electrons. The number of carbonyl (C=O) groups excluding carboxylic acids is 3. The Morgan fingerprint density at radius 3 is 2.32 bits per heavy atom. The summed E-state index contributed by atoms with van der Waals surface area (Å²) < 4.78 is 5.34. The van der Waals surface area contributed by atoms with Crippen LogP contribution in [0.3, 0.4) is 0 Å². The summed E-state index contributed by atoms with van der Waals surface area (Å²) in [6, 6.07) is 26.9. The predicted octanol–water partition coefficient (Wildman–Crippen LogP) is 6.86. The number of halogens is 1. The quantitative estimate of drug-likeness (QED) is 0.124. The molecule has 0 radical (unpaired) electrons. The number of methoxy groups -OCH3 is 1. The number of rotatable bonds is 11. The van der Waals surface area contributed by atoms with Crippen molar-refractivity contribution in [3.63, 3.8) is 0 Å². The van der Waals surface area contributed by atoms with Gasteiger partial charge in [-0.05, 0) is 72.7 Å². The van der Waals surface area contributed by atoms with Gasteiger partial charge in [-0.3, -0.25) is 14.4 Å². The summed E-state index contributed by atoms with van der Waals surface area (Å²) in [5.74, 6) is -0.515. The molecule has 10 heteroatoms. The smallest absolute Gasteiger partial charge is 0.272 e. The van der Waals surface area contributed by atoms with Gasteiger partial charge in [-0.25, -0.2) is 0 Å². The van der Waals surface area contributed by atoms with E-state index in [1.165, 1.54) is 18.9 Å². The fraction of sp³-hybridized carbons (Fsp3) is 0.147. The van der Waals surface area contributed by atoms with Crippen molar-refractivity contribution in [1.29, 1.82) is 0 Å². The average molecular weight is 629 g/mol. The lowest BCUT2D eigenvalue weighted by Gasteiger charge is -2.14. The van der Waals surface area contributed by atoms with E-state index >= 15 is 0 Å². The van der Waals surface area contributed by atoms with Crippen molar-refractivity contribution in [2.24, 2.45) is 0 Å². The molecule has 44 heavy (non-hydrogen) atoms. The van der Waals surface area contributed by atoms with Crippen molar-refractivity contribution in [1.82, 2.24) is 5.32 Å². The first-order valence-corrected chi connectivity index (χ1v) is 15.0. The van der Waals surface area contributed by atoms with Gasteiger partial charge in [0.05, 0.1) is 18.6 Å². The van der Waals surface area contributed by atoms with Gasteiger partial charge in [0, 0.05) is 47.0 Å². The number of nitrogens with zero attached hydrogens (tertiary/aromatic N) is 1. The van der Waals surface area contributed by atoms with Crippen molar-refractivity contribution in [2.75, 3.05) is 42.5 Å². The molecule has 0 saturated heterocycles. The highest BCUT2D eigenvalue weighted by Gasteiger charge is 2.16. The van der Waals surface area contributed by atoms with E-state index in [4.69, 9.17) is 16.3 Å². The van der Waals surface area contributed by atoms with Crippen LogP contribution in [0.5, 0.6) is 5.75 Å². The molecule has 0 saturated carbocycles. The summed E-state index contributed by atoms with van der Waals surface area (Å²) in [5, 5.41) is 9.04. The van der Waals surface area contributed by atoms with E-state index in [-0.39, 0.29) is 17.4 Å². The minimum absolute atomic E-state index is 0.0843. The highest BCUT2D eigenvalue weighted by molar-refractivity contribution is 8.00. The summed E-state index contributed by atoms with van der Waals surface area (Å²) in [5.41, 5.74) is 4.13. The van der Waals surface area contributed by atoms with Crippen molar-refractivity contribution < 1.29 is 19.1 Å². The third kappa shape index (κ3) is 8.89. The summed E-state index contributed by atoms with van der Waals surface area (Å²) in [6.07, 6.45) is 1.63. The molecule has 3 amide bonds. The number of amides is 3. The van der Waals surface area contributed by atoms with Crippen LogP contribution in [0.4, 0.5) is 17.1 Å². The van der Waals surface area contributed by atoms with Crippen LogP contribution >= 0.6 is 23.4 Å². The summed E-state index contributed by atoms with van der Waals surface area (Å²) >= 11 is 7.48. The van der Waals surface area contributed by atoms with Crippen molar-refractivity contribution in [2.45, 2.75) is 11.8 Å². The lowest BCUT2D eigenvalue weighted by Crippen LogP contribution is -2.30. The van der Waals surface area contributed by atoms with Gasteiger partial charge in [0.15, 0.2) is 0 Å². The maximum atomic E-state index is 13.5. The van der Waals surface area contributed by atoms with Crippen LogP contribution in [0.25, 0.3) is 6.08 Å². The number of thioether (sulfide) groups is 1. The van der Waals surface area contributed by atoms with E-state index in [1.54, 1.807) is 60.7 Å². The van der Waals surface area contributed by atoms with Crippen LogP contribution < -0.4 is 25.6 Å². The molecule has 0 aliphatic rings. The van der Waals surface area contributed by atoms with Crippen LogP contribution in [0.2, 0.25) is 5.02 Å². The first kappa shape index (κ1) is 32.2. The zero-order valence-electron chi connectivity index (χ0n) is 24.8. The van der Waals surface area contributed by atoms with Crippen molar-refractivity contribution in [3.8, 4) is 5.75 Å². The van der Waals surface area contributed by atoms with E-state index in [0.29, 0.717) is 27.7 Å². The predicted molar refractivity (Wildman–Crippen MR) is 180 cm³/mol. The van der Waals surface area contributed by atoms with E-state index in [2.05, 4.69) is 16.0 Å². The Balaban J connectivity index is 1.46. The zero-order chi connectivity index (χ0) is 31.6. The Kier molecular flexibility index (Phi) is 11.1. The molecule has 4 aromatic rings. The van der Waals surface area contributed by atoms with Gasteiger partial charge in [-0.2, -0.15) is 0 Å². The fourth-order valence-corrected chi connectivity index (χ4v) is 5.01. The third-order valence-electron chi connectivity index (χ3n) is 6.47. The standard InChI is InChI=1S/C34H33ClN4O4S/c1-22-17-29(31(43-4)20-28(22)35)37-32(40)21-44-27-12-8-11-25(19-27)36-34(42)30(38-33(41)24-9-6-5-7-10-24)18-23-13-15-26(16-14-23)39(2)3/h5-20H,21H2,1-4H3,(H,36,42)(H,37,40)(H,38,41)/b30-18+. The monoisotopic (exact) mass is 628 g/mol. The second-order valence-corrected chi connectivity index (χ2v) is 11.4. The lowest BCUT2D eigenvalue weighted by atomic mass is 10.1. The maximum Gasteiger partial charge on any atom is 0.272 e. The SMILES string of the molecule is COc1cc(Cl)c(C)cc1NC(=O)CSc1cccc(NC(=O)/C(=C\c2ccc(N(C)C)cc2)NC(=O)c2ccccc2)c1. The number of hydrogen-bond acceptors (Lipinski definition) is 6. The number of ether oxygens (including phenoxy) is 1. The first-order chi connectivity index (χ1) is 21.1. The van der Waals surface area contributed by atoms with Crippen LogP contribution in [0.1, 0.15) is 21.5 Å². The van der Waals surface area contributed by atoms with Crippen LogP contribution in [-0.2, 0) is 9.59 Å². The molecule has 0 aliphatic heterocycles. The number of aryl methyl sites for hydroxylation is 1. The topological polar surface area (TPSA) is 99.8 Å². The Morgan fingerprint density at radius 2 is 1.64 bits per heavy atom. The van der Waals surface area contributed by atoms with Crippen molar-refractivity contribution >= 4 is 64.2 Å². The maximum absolute atomic E-state index is 13.5. The minimum Gasteiger partial charge on any atom is -0.495 e. The van der Waals surface area contributed by atoms with Crippen molar-refractivity contribution in [3.05, 3.63) is 118 Å². The Hall–Kier alpha value is -4.73. The number of nitrogens with one attached hydrogen (secondary N) is 3. The molecule has 8 nitrogen and oxygen atoms in total. The van der Waals surface area contributed by atoms with E-state index in [1.807, 2.05) is 62.3 Å². The zero-order valence-corrected chi connectivity index (χ0v) is 26.4. The fourth-order valence-electron chi connectivity index (χ4n) is 4.10. The highest BCUT2D eigenvalue weighted by atomic mass is 35.5. The van der Waals surface area contributed by atoms with Gasteiger partial charge in [0.25, 0.3) is 11.8 Å².